The Hall–Kier alpha value is -1.91. The van der Waals surface area contributed by atoms with Crippen LogP contribution in [-0.2, 0) is 4.79 Å². The highest BCUT2D eigenvalue weighted by Gasteiger charge is 2.29. The van der Waals surface area contributed by atoms with E-state index >= 15 is 0 Å². The Balaban J connectivity index is 1.71. The predicted octanol–water partition coefficient (Wildman–Crippen LogP) is 4.64. The average Bonchev–Trinajstić information content (AvgIpc) is 3.11. The Labute approximate surface area is 151 Å². The molecule has 1 unspecified atom stereocenters. The fraction of sp³-hybridized carbons (Fsp3) is 0.211. The summed E-state index contributed by atoms with van der Waals surface area (Å²) in [5.41, 5.74) is 2.08. The van der Waals surface area contributed by atoms with Crippen molar-refractivity contribution in [2.75, 3.05) is 19.4 Å². The maximum absolute atomic E-state index is 12.6. The second kappa shape index (κ2) is 7.77. The molecule has 0 aromatic heterocycles. The molecule has 1 aliphatic heterocycles. The number of halogens is 1. The molecular formula is C19H18ClNO2S. The number of amides is 1. The van der Waals surface area contributed by atoms with Gasteiger partial charge in [0.15, 0.2) is 0 Å². The smallest absolute Gasteiger partial charge is 0.247 e. The summed E-state index contributed by atoms with van der Waals surface area (Å²) in [6.45, 7) is 0.755. The third-order valence-electron chi connectivity index (χ3n) is 3.86. The summed E-state index contributed by atoms with van der Waals surface area (Å²) in [6, 6.07) is 15.3. The third-order valence-corrected chi connectivity index (χ3v) is 5.38. The Morgan fingerprint density at radius 3 is 2.58 bits per heavy atom. The minimum atomic E-state index is 0.0239. The number of hydrogen-bond acceptors (Lipinski definition) is 3. The molecule has 0 saturated carbocycles. The summed E-state index contributed by atoms with van der Waals surface area (Å²) in [5.74, 6) is 1.79. The maximum atomic E-state index is 12.6. The molecule has 124 valence electrons. The number of rotatable bonds is 4. The molecule has 0 aliphatic carbocycles. The molecule has 0 radical (unpaired) electrons. The van der Waals surface area contributed by atoms with Gasteiger partial charge in [-0.1, -0.05) is 35.9 Å². The molecular weight excluding hydrogens is 342 g/mol. The molecule has 1 heterocycles. The molecule has 1 amide bonds. The van der Waals surface area contributed by atoms with Gasteiger partial charge in [-0.05, 0) is 41.5 Å². The topological polar surface area (TPSA) is 29.5 Å². The zero-order valence-electron chi connectivity index (χ0n) is 13.3. The van der Waals surface area contributed by atoms with Crippen LogP contribution in [0.4, 0.5) is 0 Å². The molecule has 5 heteroatoms. The fourth-order valence-corrected chi connectivity index (χ4v) is 3.97. The lowest BCUT2D eigenvalue weighted by atomic mass is 10.2. The normalized spacial score (nSPS) is 17.4. The first-order valence-electron chi connectivity index (χ1n) is 7.67. The van der Waals surface area contributed by atoms with Crippen molar-refractivity contribution >= 4 is 35.3 Å². The van der Waals surface area contributed by atoms with Gasteiger partial charge in [-0.3, -0.25) is 4.79 Å². The number of hydrogen-bond donors (Lipinski definition) is 0. The van der Waals surface area contributed by atoms with Crippen molar-refractivity contribution in [2.24, 2.45) is 0 Å². The molecule has 0 spiro atoms. The van der Waals surface area contributed by atoms with Crippen LogP contribution in [0.25, 0.3) is 6.08 Å². The van der Waals surface area contributed by atoms with Crippen LogP contribution < -0.4 is 4.74 Å². The van der Waals surface area contributed by atoms with Gasteiger partial charge in [0.05, 0.1) is 7.11 Å². The summed E-state index contributed by atoms with van der Waals surface area (Å²) in [7, 11) is 1.65. The molecule has 1 saturated heterocycles. The van der Waals surface area contributed by atoms with Crippen LogP contribution in [0.3, 0.4) is 0 Å². The first-order valence-corrected chi connectivity index (χ1v) is 9.10. The van der Waals surface area contributed by atoms with E-state index in [4.69, 9.17) is 16.3 Å². The van der Waals surface area contributed by atoms with Crippen LogP contribution in [0, 0.1) is 0 Å². The second-order valence-corrected chi connectivity index (χ2v) is 7.04. The zero-order valence-corrected chi connectivity index (χ0v) is 14.9. The second-order valence-electron chi connectivity index (χ2n) is 5.41. The van der Waals surface area contributed by atoms with Crippen LogP contribution in [-0.4, -0.2) is 30.2 Å². The van der Waals surface area contributed by atoms with Crippen LogP contribution >= 0.6 is 23.4 Å². The van der Waals surface area contributed by atoms with Crippen molar-refractivity contribution in [3.05, 3.63) is 70.8 Å². The number of ether oxygens (including phenoxy) is 1. The van der Waals surface area contributed by atoms with Crippen LogP contribution in [0.5, 0.6) is 5.75 Å². The largest absolute Gasteiger partial charge is 0.497 e. The Bertz CT molecular complexity index is 728. The van der Waals surface area contributed by atoms with Crippen LogP contribution in [0.15, 0.2) is 54.6 Å². The molecule has 1 aliphatic rings. The number of nitrogens with zero attached hydrogens (tertiary/aromatic N) is 1. The molecule has 0 bridgehead atoms. The average molecular weight is 360 g/mol. The van der Waals surface area contributed by atoms with Gasteiger partial charge in [-0.25, -0.2) is 0 Å². The lowest BCUT2D eigenvalue weighted by molar-refractivity contribution is -0.126. The van der Waals surface area contributed by atoms with Crippen molar-refractivity contribution in [3.63, 3.8) is 0 Å². The number of thioether (sulfide) groups is 1. The van der Waals surface area contributed by atoms with E-state index in [0.717, 1.165) is 29.2 Å². The number of carbonyl (C=O) groups excluding carboxylic acids is 1. The quantitative estimate of drug-likeness (QED) is 0.745. The summed E-state index contributed by atoms with van der Waals surface area (Å²) in [5, 5.41) is 0.743. The van der Waals surface area contributed by atoms with Gasteiger partial charge in [0.25, 0.3) is 0 Å². The first-order chi connectivity index (χ1) is 11.7. The highest BCUT2D eigenvalue weighted by molar-refractivity contribution is 7.99. The molecule has 1 atom stereocenters. The van der Waals surface area contributed by atoms with Crippen molar-refractivity contribution < 1.29 is 9.53 Å². The van der Waals surface area contributed by atoms with Gasteiger partial charge in [-0.15, -0.1) is 11.8 Å². The number of benzene rings is 2. The van der Waals surface area contributed by atoms with Crippen LogP contribution in [0.1, 0.15) is 16.5 Å². The van der Waals surface area contributed by atoms with Gasteiger partial charge < -0.3 is 9.64 Å². The monoisotopic (exact) mass is 359 g/mol. The van der Waals surface area contributed by atoms with Gasteiger partial charge >= 0.3 is 0 Å². The highest BCUT2D eigenvalue weighted by Crippen LogP contribution is 2.38. The summed E-state index contributed by atoms with van der Waals surface area (Å²) in [4.78, 5) is 14.5. The van der Waals surface area contributed by atoms with E-state index in [1.807, 2.05) is 59.5 Å². The van der Waals surface area contributed by atoms with E-state index < -0.39 is 0 Å². The highest BCUT2D eigenvalue weighted by atomic mass is 35.5. The molecule has 1 fully saturated rings. The van der Waals surface area contributed by atoms with Crippen molar-refractivity contribution in [1.82, 2.24) is 4.90 Å². The molecule has 2 aromatic rings. The standard InChI is InChI=1S/C19H18ClNO2S/c1-23-17-9-5-15(6-10-17)19-21(12-13-24-19)18(22)11-4-14-2-7-16(20)8-3-14/h2-11,19H,12-13H2,1H3/b11-4+. The van der Waals surface area contributed by atoms with Crippen LogP contribution in [0.2, 0.25) is 5.02 Å². The summed E-state index contributed by atoms with van der Waals surface area (Å²) in [6.07, 6.45) is 3.46. The molecule has 24 heavy (non-hydrogen) atoms. The van der Waals surface area contributed by atoms with E-state index in [1.165, 1.54) is 0 Å². The molecule has 2 aromatic carbocycles. The predicted molar refractivity (Wildman–Crippen MR) is 100 cm³/mol. The molecule has 3 rings (SSSR count). The third kappa shape index (κ3) is 3.94. The van der Waals surface area contributed by atoms with Crippen molar-refractivity contribution in [1.29, 1.82) is 0 Å². The van der Waals surface area contributed by atoms with Gasteiger partial charge in [0.2, 0.25) is 5.91 Å². The SMILES string of the molecule is COc1ccc(C2SCCN2C(=O)/C=C/c2ccc(Cl)cc2)cc1. The minimum Gasteiger partial charge on any atom is -0.497 e. The fourth-order valence-electron chi connectivity index (χ4n) is 2.58. The van der Waals surface area contributed by atoms with E-state index in [-0.39, 0.29) is 11.3 Å². The Morgan fingerprint density at radius 2 is 1.92 bits per heavy atom. The van der Waals surface area contributed by atoms with E-state index in [1.54, 1.807) is 24.9 Å². The van der Waals surface area contributed by atoms with E-state index in [2.05, 4.69) is 0 Å². The first kappa shape index (κ1) is 16.9. The van der Waals surface area contributed by atoms with Gasteiger partial charge in [-0.2, -0.15) is 0 Å². The summed E-state index contributed by atoms with van der Waals surface area (Å²) < 4.78 is 5.19. The zero-order chi connectivity index (χ0) is 16.9. The van der Waals surface area contributed by atoms with E-state index in [9.17, 15) is 4.79 Å². The minimum absolute atomic E-state index is 0.0239. The number of methoxy groups -OCH3 is 1. The maximum Gasteiger partial charge on any atom is 0.247 e. The lowest BCUT2D eigenvalue weighted by Crippen LogP contribution is -2.28. The van der Waals surface area contributed by atoms with Gasteiger partial charge in [0, 0.05) is 23.4 Å². The lowest BCUT2D eigenvalue weighted by Gasteiger charge is -2.23. The Morgan fingerprint density at radius 1 is 1.21 bits per heavy atom. The van der Waals surface area contributed by atoms with Crippen molar-refractivity contribution in [3.8, 4) is 5.75 Å². The van der Waals surface area contributed by atoms with Crippen molar-refractivity contribution in [2.45, 2.75) is 5.37 Å². The molecule has 3 nitrogen and oxygen atoms in total. The van der Waals surface area contributed by atoms with Gasteiger partial charge in [0.1, 0.15) is 11.1 Å². The molecule has 0 N–H and O–H groups in total. The summed E-state index contributed by atoms with van der Waals surface area (Å²) >= 11 is 7.66. The number of carbonyl (C=O) groups is 1. The Kier molecular flexibility index (Phi) is 5.48. The van der Waals surface area contributed by atoms with E-state index in [0.29, 0.717) is 5.02 Å².